The molecule has 8 nitrogen and oxygen atoms in total. The number of aromatic nitrogens is 2. The van der Waals surface area contributed by atoms with Gasteiger partial charge in [-0.1, -0.05) is 29.5 Å². The number of nitrogen functional groups attached to an aromatic ring is 1. The minimum atomic E-state index is -2.95. The average molecular weight is 576 g/mol. The summed E-state index contributed by atoms with van der Waals surface area (Å²) in [4.78, 5) is 37.8. The van der Waals surface area contributed by atoms with Gasteiger partial charge in [-0.15, -0.1) is 0 Å². The van der Waals surface area contributed by atoms with Crippen molar-refractivity contribution in [3.8, 4) is 11.1 Å². The van der Waals surface area contributed by atoms with Gasteiger partial charge < -0.3 is 20.4 Å². The summed E-state index contributed by atoms with van der Waals surface area (Å²) in [6, 6.07) is 0.316. The molecule has 6 rings (SSSR count). The molecule has 0 bridgehead atoms. The molecule has 0 aliphatic carbocycles. The summed E-state index contributed by atoms with van der Waals surface area (Å²) in [5, 5.41) is -0.308. The van der Waals surface area contributed by atoms with E-state index in [1.807, 2.05) is 0 Å². The zero-order valence-electron chi connectivity index (χ0n) is 23.1. The number of halogens is 4. The van der Waals surface area contributed by atoms with E-state index in [9.17, 15) is 14.0 Å². The Labute approximate surface area is 233 Å². The third kappa shape index (κ3) is 3.58. The van der Waals surface area contributed by atoms with Crippen LogP contribution in [0.2, 0.25) is 5.02 Å². The van der Waals surface area contributed by atoms with Gasteiger partial charge in [0.1, 0.15) is 23.2 Å². The number of pyridine rings is 1. The Morgan fingerprint density at radius 2 is 2.03 bits per heavy atom. The van der Waals surface area contributed by atoms with Crippen molar-refractivity contribution in [2.24, 2.45) is 0 Å². The van der Waals surface area contributed by atoms with Crippen LogP contribution in [-0.2, 0) is 9.59 Å². The van der Waals surface area contributed by atoms with Crippen molar-refractivity contribution >= 4 is 72.4 Å². The Bertz CT molecular complexity index is 1870. The Kier molecular flexibility index (Phi) is 4.97. The van der Waals surface area contributed by atoms with E-state index < -0.39 is 59.5 Å². The van der Waals surface area contributed by atoms with Crippen LogP contribution in [0.1, 0.15) is 11.0 Å². The summed E-state index contributed by atoms with van der Waals surface area (Å²) in [5.74, 6) is -4.35. The van der Waals surface area contributed by atoms with Crippen molar-refractivity contribution in [1.29, 1.82) is 0 Å². The van der Waals surface area contributed by atoms with Crippen LogP contribution in [0, 0.1) is 17.5 Å². The zero-order valence-corrected chi connectivity index (χ0v) is 21.7. The van der Waals surface area contributed by atoms with Crippen LogP contribution in [0.3, 0.4) is 0 Å². The van der Waals surface area contributed by atoms with Crippen LogP contribution < -0.4 is 15.5 Å². The van der Waals surface area contributed by atoms with Crippen molar-refractivity contribution in [3.05, 3.63) is 53.5 Å². The monoisotopic (exact) mass is 575 g/mol. The number of carbonyl (C=O) groups excluding carboxylic acids is 2. The smallest absolute Gasteiger partial charge is 0.251 e. The number of likely N-dealkylation sites (N-methyl/N-ethyl adjacent to an activating group) is 1. The minimum Gasteiger partial charge on any atom is -0.375 e. The van der Waals surface area contributed by atoms with E-state index in [2.05, 4.69) is 16.5 Å². The third-order valence-electron chi connectivity index (χ3n) is 7.08. The highest BCUT2D eigenvalue weighted by Gasteiger charge is 2.44. The molecular weight excluding hydrogens is 553 g/mol. The molecule has 2 aliphatic rings. The molecule has 39 heavy (non-hydrogen) atoms. The molecule has 13 heteroatoms. The number of rotatable bonds is 2. The summed E-state index contributed by atoms with van der Waals surface area (Å²) in [6.07, 6.45) is 2.16. The van der Waals surface area contributed by atoms with Gasteiger partial charge in [0, 0.05) is 46.3 Å². The summed E-state index contributed by atoms with van der Waals surface area (Å²) in [7, 11) is 0. The summed E-state index contributed by atoms with van der Waals surface area (Å²) >= 11 is 7.35. The zero-order chi connectivity index (χ0) is 30.4. The lowest BCUT2D eigenvalue weighted by atomic mass is 9.96. The number of nitrogens with zero attached hydrogens (tertiary/aromatic N) is 5. The van der Waals surface area contributed by atoms with E-state index in [0.717, 1.165) is 23.6 Å². The number of thiazole rings is 1. The molecule has 2 N–H and O–H groups in total. The van der Waals surface area contributed by atoms with E-state index in [1.54, 1.807) is 11.8 Å². The van der Waals surface area contributed by atoms with Crippen molar-refractivity contribution in [2.75, 3.05) is 35.6 Å². The van der Waals surface area contributed by atoms with Gasteiger partial charge >= 0.3 is 0 Å². The van der Waals surface area contributed by atoms with E-state index in [0.29, 0.717) is 11.0 Å². The molecule has 0 unspecified atom stereocenters. The first-order chi connectivity index (χ1) is 19.7. The Morgan fingerprint density at radius 3 is 2.74 bits per heavy atom. The first-order valence-electron chi connectivity index (χ1n) is 13.1. The van der Waals surface area contributed by atoms with Crippen molar-refractivity contribution in [2.45, 2.75) is 19.0 Å². The van der Waals surface area contributed by atoms with Crippen LogP contribution in [-0.4, -0.2) is 58.8 Å². The molecular formula is C26H20ClF3N6O2S. The number of piperazine rings is 1. The first-order valence-corrected chi connectivity index (χ1v) is 12.8. The molecule has 0 spiro atoms. The molecule has 0 radical (unpaired) electrons. The van der Waals surface area contributed by atoms with Crippen molar-refractivity contribution in [3.63, 3.8) is 0 Å². The Balaban J connectivity index is 1.63. The lowest BCUT2D eigenvalue weighted by molar-refractivity contribution is -0.130. The maximum atomic E-state index is 16.4. The highest BCUT2D eigenvalue weighted by Crippen LogP contribution is 2.47. The second-order valence-corrected chi connectivity index (χ2v) is 10.7. The fourth-order valence-electron chi connectivity index (χ4n) is 5.33. The molecule has 4 aromatic rings. The number of nitrogens with two attached hydrogens (primary N) is 1. The molecule has 1 fully saturated rings. The second kappa shape index (κ2) is 8.82. The number of amides is 2. The van der Waals surface area contributed by atoms with Gasteiger partial charge in [0.15, 0.2) is 10.9 Å². The SMILES string of the molecule is [2H]C([2H])([2H])N1C(=O)[C@H]2CN(C(=O)C=C)[C@H](C)CN2c2c1cnc1c(F)c(-c3c(F)cc(F)c4sc(N)nc34)c(Cl)cc21. The normalized spacial score (nSPS) is 20.5. The van der Waals surface area contributed by atoms with Crippen LogP contribution in [0.25, 0.3) is 32.2 Å². The average Bonchev–Trinajstić information content (AvgIpc) is 3.30. The lowest BCUT2D eigenvalue weighted by Gasteiger charge is -2.50. The first kappa shape index (κ1) is 22.0. The molecule has 2 aromatic heterocycles. The molecule has 0 saturated carbocycles. The lowest BCUT2D eigenvalue weighted by Crippen LogP contribution is -2.65. The van der Waals surface area contributed by atoms with Gasteiger partial charge in [-0.05, 0) is 19.1 Å². The number of benzene rings is 2. The van der Waals surface area contributed by atoms with Crippen LogP contribution in [0.5, 0.6) is 0 Å². The molecule has 1 saturated heterocycles. The topological polar surface area (TPSA) is 95.7 Å². The Morgan fingerprint density at radius 1 is 1.26 bits per heavy atom. The molecule has 2 amide bonds. The predicted octanol–water partition coefficient (Wildman–Crippen LogP) is 4.73. The van der Waals surface area contributed by atoms with Crippen LogP contribution in [0.15, 0.2) is 31.0 Å². The van der Waals surface area contributed by atoms with E-state index in [1.165, 1.54) is 11.0 Å². The number of anilines is 3. The molecule has 2 aliphatic heterocycles. The van der Waals surface area contributed by atoms with Gasteiger partial charge in [-0.3, -0.25) is 14.6 Å². The molecule has 2 atom stereocenters. The van der Waals surface area contributed by atoms with Crippen molar-refractivity contribution in [1.82, 2.24) is 14.9 Å². The highest BCUT2D eigenvalue weighted by molar-refractivity contribution is 7.22. The van der Waals surface area contributed by atoms with E-state index >= 15 is 8.78 Å². The van der Waals surface area contributed by atoms with Crippen LogP contribution >= 0.6 is 22.9 Å². The fourth-order valence-corrected chi connectivity index (χ4v) is 6.36. The summed E-state index contributed by atoms with van der Waals surface area (Å²) < 4.78 is 70.2. The Hall–Kier alpha value is -3.90. The minimum absolute atomic E-state index is 0.0535. The van der Waals surface area contributed by atoms with Gasteiger partial charge in [-0.2, -0.15) is 0 Å². The number of carbonyl (C=O) groups is 2. The summed E-state index contributed by atoms with van der Waals surface area (Å²) in [5.41, 5.74) is 4.42. The van der Waals surface area contributed by atoms with E-state index in [-0.39, 0.29) is 55.7 Å². The molecule has 200 valence electrons. The maximum absolute atomic E-state index is 16.4. The standard InChI is InChI=1S/C26H20ClF3N6O2S/c1-4-17(37)35-9-16-25(38)34(3)15-7-32-21-11(23(15)36(16)8-10(35)2)5-12(27)18(20(21)30)19-13(28)6-14(29)24-22(19)33-26(31)39-24/h4-7,10,16H,1,8-9H2,2-3H3,(H2,31,33)/t10-,16-/m1/s1/i3D3. The fraction of sp³-hybridized carbons (Fsp3) is 0.231. The number of hydrogen-bond donors (Lipinski definition) is 1. The number of fused-ring (bicyclic) bond motifs is 6. The molecule has 2 aromatic carbocycles. The van der Waals surface area contributed by atoms with Gasteiger partial charge in [-0.25, -0.2) is 18.2 Å². The summed E-state index contributed by atoms with van der Waals surface area (Å²) in [6.45, 7) is 2.23. The van der Waals surface area contributed by atoms with Gasteiger partial charge in [0.05, 0.1) is 39.4 Å². The predicted molar refractivity (Wildman–Crippen MR) is 146 cm³/mol. The van der Waals surface area contributed by atoms with E-state index in [4.69, 9.17) is 21.4 Å². The maximum Gasteiger partial charge on any atom is 0.251 e. The largest absolute Gasteiger partial charge is 0.375 e. The van der Waals surface area contributed by atoms with Gasteiger partial charge in [0.2, 0.25) is 5.91 Å². The van der Waals surface area contributed by atoms with Crippen molar-refractivity contribution < 1.29 is 26.9 Å². The van der Waals surface area contributed by atoms with Crippen LogP contribution in [0.4, 0.5) is 29.7 Å². The van der Waals surface area contributed by atoms with Gasteiger partial charge in [0.25, 0.3) is 5.91 Å². The quantitative estimate of drug-likeness (QED) is 0.347. The third-order valence-corrected chi connectivity index (χ3v) is 8.27. The second-order valence-electron chi connectivity index (χ2n) is 9.27. The number of hydrogen-bond acceptors (Lipinski definition) is 7. The highest BCUT2D eigenvalue weighted by atomic mass is 35.5. The molecule has 4 heterocycles.